The van der Waals surface area contributed by atoms with Crippen LogP contribution in [0, 0.1) is 0 Å². The summed E-state index contributed by atoms with van der Waals surface area (Å²) in [6.45, 7) is 0.615. The van der Waals surface area contributed by atoms with Crippen LogP contribution in [0.4, 0.5) is 0 Å². The summed E-state index contributed by atoms with van der Waals surface area (Å²) in [6, 6.07) is 0. The summed E-state index contributed by atoms with van der Waals surface area (Å²) >= 11 is 0. The van der Waals surface area contributed by atoms with E-state index in [4.69, 9.17) is 5.11 Å². The van der Waals surface area contributed by atoms with Gasteiger partial charge in [0.05, 0.1) is 21.1 Å². The number of hydrogen-bond acceptors (Lipinski definition) is 4. The molecule has 0 amide bonds. The third kappa shape index (κ3) is 16.3. The first-order valence-corrected chi connectivity index (χ1v) is 9.86. The molecule has 1 atom stereocenters. The Morgan fingerprint density at radius 1 is 0.962 bits per heavy atom. The molecule has 1 unspecified atom stereocenters. The number of nitrogens with zero attached hydrogens (tertiary/aromatic N) is 1. The molecular formula is C21H39NO4. The first-order chi connectivity index (χ1) is 12.2. The Morgan fingerprint density at radius 2 is 1.50 bits per heavy atom. The highest BCUT2D eigenvalue weighted by Crippen LogP contribution is 2.16. The molecule has 0 saturated carbocycles. The molecule has 0 saturated heterocycles. The van der Waals surface area contributed by atoms with Gasteiger partial charge in [0.2, 0.25) is 0 Å². The molecule has 26 heavy (non-hydrogen) atoms. The number of quaternary nitrogens is 1. The molecule has 0 aliphatic carbocycles. The molecule has 0 aliphatic rings. The zero-order valence-electron chi connectivity index (χ0n) is 17.0. The van der Waals surface area contributed by atoms with Gasteiger partial charge >= 0.3 is 0 Å². The van der Waals surface area contributed by atoms with Gasteiger partial charge in [-0.15, -0.1) is 0 Å². The van der Waals surface area contributed by atoms with Gasteiger partial charge in [0.1, 0.15) is 12.1 Å². The van der Waals surface area contributed by atoms with Crippen molar-refractivity contribution in [2.24, 2.45) is 0 Å². The fraction of sp³-hybridized carbons (Fsp3) is 0.762. The van der Waals surface area contributed by atoms with Crippen molar-refractivity contribution in [1.29, 1.82) is 0 Å². The van der Waals surface area contributed by atoms with E-state index in [1.54, 1.807) is 12.2 Å². The smallest absolute Gasteiger partial charge is 0.137 e. The van der Waals surface area contributed by atoms with E-state index in [-0.39, 0.29) is 0 Å². The number of allylic oxidation sites excluding steroid dienone is 3. The lowest BCUT2D eigenvalue weighted by molar-refractivity contribution is -0.876. The fourth-order valence-corrected chi connectivity index (χ4v) is 3.08. The van der Waals surface area contributed by atoms with Gasteiger partial charge in [-0.1, -0.05) is 56.8 Å². The lowest BCUT2D eigenvalue weighted by Gasteiger charge is -2.34. The molecule has 0 aromatic rings. The van der Waals surface area contributed by atoms with Crippen molar-refractivity contribution < 1.29 is 24.6 Å². The molecule has 0 spiro atoms. The number of carbonyl (C=O) groups is 1. The molecular weight excluding hydrogens is 330 g/mol. The van der Waals surface area contributed by atoms with Gasteiger partial charge in [-0.2, -0.15) is 0 Å². The second kappa shape index (κ2) is 14.0. The number of unbranched alkanes of at least 4 members (excludes halogenated alkanes) is 8. The van der Waals surface area contributed by atoms with E-state index in [2.05, 4.69) is 6.08 Å². The normalized spacial score (nSPS) is 15.0. The monoisotopic (exact) mass is 369 g/mol. The Labute approximate surface area is 159 Å². The summed E-state index contributed by atoms with van der Waals surface area (Å²) in [5.74, 6) is -1.24. The number of rotatable bonds is 16. The SMILES string of the molecule is C[N+](C)(C)CC(O)(C=CC=CCCCCCCCCCCO)CC(=O)[O-]. The lowest BCUT2D eigenvalue weighted by atomic mass is 9.97. The van der Waals surface area contributed by atoms with Crippen LogP contribution in [0.1, 0.15) is 64.2 Å². The van der Waals surface area contributed by atoms with Gasteiger partial charge < -0.3 is 24.6 Å². The number of carboxylic acid groups (broad SMARTS) is 1. The Balaban J connectivity index is 4.00. The van der Waals surface area contributed by atoms with Crippen molar-refractivity contribution in [3.8, 4) is 0 Å². The van der Waals surface area contributed by atoms with Crippen LogP contribution >= 0.6 is 0 Å². The van der Waals surface area contributed by atoms with Crippen molar-refractivity contribution in [2.45, 2.75) is 69.8 Å². The van der Waals surface area contributed by atoms with Crippen molar-refractivity contribution in [2.75, 3.05) is 34.3 Å². The Hall–Kier alpha value is -1.17. The van der Waals surface area contributed by atoms with Gasteiger partial charge in [0.15, 0.2) is 0 Å². The van der Waals surface area contributed by atoms with Gasteiger partial charge in [-0.25, -0.2) is 0 Å². The minimum absolute atomic E-state index is 0.306. The maximum absolute atomic E-state index is 10.9. The standard InChI is InChI=1S/C21H39NO4/c1-22(2,3)19-21(26,18-20(24)25)16-14-12-10-8-6-4-5-7-9-11-13-15-17-23/h10,12,14,16,23,26H,4-9,11,13,15,17-19H2,1-3H3. The van der Waals surface area contributed by atoms with E-state index >= 15 is 0 Å². The average molecular weight is 370 g/mol. The third-order valence-corrected chi connectivity index (χ3v) is 4.13. The van der Waals surface area contributed by atoms with E-state index in [0.29, 0.717) is 17.6 Å². The Morgan fingerprint density at radius 3 is 2.00 bits per heavy atom. The number of aliphatic carboxylic acids is 1. The number of carboxylic acids is 1. The molecule has 0 rings (SSSR count). The first-order valence-electron chi connectivity index (χ1n) is 9.86. The molecule has 0 radical (unpaired) electrons. The first kappa shape index (κ1) is 24.8. The van der Waals surface area contributed by atoms with E-state index in [0.717, 1.165) is 25.7 Å². The van der Waals surface area contributed by atoms with E-state index in [1.807, 2.05) is 27.2 Å². The summed E-state index contributed by atoms with van der Waals surface area (Å²) in [5.41, 5.74) is -1.39. The minimum Gasteiger partial charge on any atom is -0.550 e. The molecule has 2 N–H and O–H groups in total. The summed E-state index contributed by atoms with van der Waals surface area (Å²) in [5, 5.41) is 30.1. The molecule has 152 valence electrons. The predicted octanol–water partition coefficient (Wildman–Crippen LogP) is 2.18. The predicted molar refractivity (Wildman–Crippen MR) is 104 cm³/mol. The second-order valence-electron chi connectivity index (χ2n) is 8.23. The molecule has 0 aromatic carbocycles. The molecule has 5 heteroatoms. The van der Waals surface area contributed by atoms with Crippen molar-refractivity contribution in [3.05, 3.63) is 24.3 Å². The van der Waals surface area contributed by atoms with Crippen molar-refractivity contribution in [1.82, 2.24) is 0 Å². The van der Waals surface area contributed by atoms with Crippen LogP contribution in [0.25, 0.3) is 0 Å². The van der Waals surface area contributed by atoms with Crippen LogP contribution < -0.4 is 5.11 Å². The molecule has 0 fully saturated rings. The maximum atomic E-state index is 10.9. The zero-order chi connectivity index (χ0) is 19.9. The minimum atomic E-state index is -1.39. The maximum Gasteiger partial charge on any atom is 0.137 e. The van der Waals surface area contributed by atoms with Crippen LogP contribution in [-0.4, -0.2) is 60.6 Å². The molecule has 0 bridgehead atoms. The number of likely N-dealkylation sites (N-methyl/N-ethyl adjacent to an activating group) is 1. The van der Waals surface area contributed by atoms with Crippen molar-refractivity contribution >= 4 is 5.97 Å². The van der Waals surface area contributed by atoms with E-state index in [1.165, 1.54) is 32.1 Å². The highest BCUT2D eigenvalue weighted by atomic mass is 16.4. The summed E-state index contributed by atoms with van der Waals surface area (Å²) in [4.78, 5) is 10.9. The van der Waals surface area contributed by atoms with Crippen LogP contribution in [0.5, 0.6) is 0 Å². The Kier molecular flexibility index (Phi) is 13.3. The number of carbonyl (C=O) groups excluding carboxylic acids is 1. The molecule has 0 heterocycles. The largest absolute Gasteiger partial charge is 0.550 e. The van der Waals surface area contributed by atoms with E-state index < -0.39 is 18.0 Å². The molecule has 5 nitrogen and oxygen atoms in total. The fourth-order valence-electron chi connectivity index (χ4n) is 3.08. The third-order valence-electron chi connectivity index (χ3n) is 4.13. The van der Waals surface area contributed by atoms with Gasteiger partial charge in [0, 0.05) is 19.0 Å². The number of aliphatic hydroxyl groups is 2. The average Bonchev–Trinajstić information content (AvgIpc) is 2.49. The van der Waals surface area contributed by atoms with Gasteiger partial charge in [0.25, 0.3) is 0 Å². The topological polar surface area (TPSA) is 80.6 Å². The zero-order valence-corrected chi connectivity index (χ0v) is 17.0. The van der Waals surface area contributed by atoms with Gasteiger partial charge in [-0.3, -0.25) is 0 Å². The highest BCUT2D eigenvalue weighted by molar-refractivity contribution is 5.66. The second-order valence-corrected chi connectivity index (χ2v) is 8.23. The highest BCUT2D eigenvalue weighted by Gasteiger charge is 2.30. The molecule has 0 aliphatic heterocycles. The Bertz CT molecular complexity index is 426. The number of aliphatic hydroxyl groups excluding tert-OH is 1. The quantitative estimate of drug-likeness (QED) is 0.248. The number of hydrogen-bond donors (Lipinski definition) is 2. The summed E-state index contributed by atoms with van der Waals surface area (Å²) < 4.78 is 0.470. The van der Waals surface area contributed by atoms with Crippen LogP contribution in [0.2, 0.25) is 0 Å². The van der Waals surface area contributed by atoms with Gasteiger partial charge in [-0.05, 0) is 25.3 Å². The van der Waals surface area contributed by atoms with E-state index in [9.17, 15) is 15.0 Å². The van der Waals surface area contributed by atoms with Crippen LogP contribution in [0.3, 0.4) is 0 Å². The lowest BCUT2D eigenvalue weighted by Crippen LogP contribution is -2.50. The summed E-state index contributed by atoms with van der Waals surface area (Å²) in [6.07, 6.45) is 17.2. The van der Waals surface area contributed by atoms with Crippen LogP contribution in [-0.2, 0) is 4.79 Å². The summed E-state index contributed by atoms with van der Waals surface area (Å²) in [7, 11) is 5.74. The van der Waals surface area contributed by atoms with Crippen molar-refractivity contribution in [3.63, 3.8) is 0 Å². The molecule has 0 aromatic heterocycles. The van der Waals surface area contributed by atoms with Crippen LogP contribution in [0.15, 0.2) is 24.3 Å².